The molecule has 2 aromatic carbocycles. The van der Waals surface area contributed by atoms with E-state index >= 15 is 0 Å². The Hall–Kier alpha value is -1.71. The topological polar surface area (TPSA) is 46.5 Å². The Morgan fingerprint density at radius 3 is 2.26 bits per heavy atom. The molecule has 0 aliphatic heterocycles. The van der Waals surface area contributed by atoms with Gasteiger partial charge in [-0.1, -0.05) is 41.4 Å². The van der Waals surface area contributed by atoms with E-state index in [1.165, 1.54) is 0 Å². The summed E-state index contributed by atoms with van der Waals surface area (Å²) in [7, 11) is 0. The molecule has 0 radical (unpaired) electrons. The first-order chi connectivity index (χ1) is 9.08. The molecule has 98 valence electrons. The van der Waals surface area contributed by atoms with Crippen LogP contribution < -0.4 is 4.74 Å². The van der Waals surface area contributed by atoms with E-state index < -0.39 is 12.1 Å². The van der Waals surface area contributed by atoms with Crippen molar-refractivity contribution in [1.29, 1.82) is 0 Å². The highest BCUT2D eigenvalue weighted by molar-refractivity contribution is 6.31. The van der Waals surface area contributed by atoms with Crippen LogP contribution in [0.4, 0.5) is 0 Å². The summed E-state index contributed by atoms with van der Waals surface area (Å²) >= 11 is 11.8. The third-order valence-corrected chi connectivity index (χ3v) is 3.08. The van der Waals surface area contributed by atoms with Crippen LogP contribution in [-0.4, -0.2) is 11.1 Å². The summed E-state index contributed by atoms with van der Waals surface area (Å²) < 4.78 is 5.46. The molecule has 1 unspecified atom stereocenters. The van der Waals surface area contributed by atoms with Crippen molar-refractivity contribution >= 4 is 29.2 Å². The van der Waals surface area contributed by atoms with Gasteiger partial charge in [0.05, 0.1) is 0 Å². The summed E-state index contributed by atoms with van der Waals surface area (Å²) in [5.41, 5.74) is 0.409. The van der Waals surface area contributed by atoms with Gasteiger partial charge < -0.3 is 9.84 Å². The van der Waals surface area contributed by atoms with Gasteiger partial charge in [-0.15, -0.1) is 0 Å². The van der Waals surface area contributed by atoms with Crippen LogP contribution in [0.5, 0.6) is 5.75 Å². The second kappa shape index (κ2) is 5.95. The zero-order valence-electron chi connectivity index (χ0n) is 9.72. The van der Waals surface area contributed by atoms with Crippen molar-refractivity contribution in [3.05, 3.63) is 64.1 Å². The molecule has 0 fully saturated rings. The Morgan fingerprint density at radius 2 is 1.68 bits per heavy atom. The number of hydrogen-bond acceptors (Lipinski definition) is 2. The lowest BCUT2D eigenvalue weighted by atomic mass is 10.1. The molecule has 0 heterocycles. The predicted molar refractivity (Wildman–Crippen MR) is 73.9 cm³/mol. The summed E-state index contributed by atoms with van der Waals surface area (Å²) in [4.78, 5) is 11.3. The summed E-state index contributed by atoms with van der Waals surface area (Å²) in [5.74, 6) is -0.695. The molecule has 2 rings (SSSR count). The van der Waals surface area contributed by atoms with E-state index in [4.69, 9.17) is 27.9 Å². The van der Waals surface area contributed by atoms with Crippen LogP contribution in [0.2, 0.25) is 10.0 Å². The molecular weight excluding hydrogens is 287 g/mol. The highest BCUT2D eigenvalue weighted by Crippen LogP contribution is 2.28. The zero-order chi connectivity index (χ0) is 13.8. The molecular formula is C14H10Cl2O3. The van der Waals surface area contributed by atoms with Gasteiger partial charge in [0.1, 0.15) is 5.75 Å². The summed E-state index contributed by atoms with van der Waals surface area (Å²) in [6.07, 6.45) is -1.16. The van der Waals surface area contributed by atoms with Gasteiger partial charge in [0.2, 0.25) is 6.10 Å². The summed E-state index contributed by atoms with van der Waals surface area (Å²) in [6, 6.07) is 13.2. The molecule has 1 N–H and O–H groups in total. The monoisotopic (exact) mass is 296 g/mol. The molecule has 0 aromatic heterocycles. The number of ether oxygens (including phenoxy) is 1. The van der Waals surface area contributed by atoms with E-state index in [-0.39, 0.29) is 0 Å². The quantitative estimate of drug-likeness (QED) is 0.920. The standard InChI is InChI=1S/C14H10Cl2O3/c15-9-5-7-10(8-6-9)19-13(14(17)18)11-3-1-2-4-12(11)16/h1-8,13H,(H,17,18). The molecule has 0 aliphatic rings. The van der Waals surface area contributed by atoms with Crippen molar-refractivity contribution in [3.8, 4) is 5.75 Å². The Kier molecular flexibility index (Phi) is 4.30. The first-order valence-corrected chi connectivity index (χ1v) is 6.23. The van der Waals surface area contributed by atoms with Gasteiger partial charge in [-0.3, -0.25) is 0 Å². The van der Waals surface area contributed by atoms with Crippen LogP contribution >= 0.6 is 23.2 Å². The fraction of sp³-hybridized carbons (Fsp3) is 0.0714. The minimum atomic E-state index is -1.16. The Bertz CT molecular complexity index is 581. The van der Waals surface area contributed by atoms with Gasteiger partial charge in [-0.05, 0) is 30.3 Å². The van der Waals surface area contributed by atoms with E-state index in [0.717, 1.165) is 0 Å². The SMILES string of the molecule is O=C(O)C(Oc1ccc(Cl)cc1)c1ccccc1Cl. The lowest BCUT2D eigenvalue weighted by molar-refractivity contribution is -0.145. The molecule has 0 bridgehead atoms. The smallest absolute Gasteiger partial charge is 0.349 e. The Morgan fingerprint density at radius 1 is 1.05 bits per heavy atom. The summed E-state index contributed by atoms with van der Waals surface area (Å²) in [6.45, 7) is 0. The van der Waals surface area contributed by atoms with E-state index in [1.807, 2.05) is 0 Å². The van der Waals surface area contributed by atoms with Crippen molar-refractivity contribution in [2.24, 2.45) is 0 Å². The maximum Gasteiger partial charge on any atom is 0.349 e. The van der Waals surface area contributed by atoms with Crippen molar-refractivity contribution in [2.45, 2.75) is 6.10 Å². The van der Waals surface area contributed by atoms with E-state index in [0.29, 0.717) is 21.4 Å². The minimum Gasteiger partial charge on any atom is -0.478 e. The molecule has 5 heteroatoms. The van der Waals surface area contributed by atoms with E-state index in [9.17, 15) is 9.90 Å². The molecule has 0 aliphatic carbocycles. The van der Waals surface area contributed by atoms with Crippen molar-refractivity contribution in [1.82, 2.24) is 0 Å². The predicted octanol–water partition coefficient (Wildman–Crippen LogP) is 4.20. The second-order valence-electron chi connectivity index (χ2n) is 3.81. The van der Waals surface area contributed by atoms with Gasteiger partial charge in [0.15, 0.2) is 0 Å². The zero-order valence-corrected chi connectivity index (χ0v) is 11.2. The first kappa shape index (κ1) is 13.7. The third-order valence-electron chi connectivity index (χ3n) is 2.48. The number of benzene rings is 2. The average molecular weight is 297 g/mol. The van der Waals surface area contributed by atoms with E-state index in [1.54, 1.807) is 48.5 Å². The molecule has 2 aromatic rings. The van der Waals surface area contributed by atoms with Crippen LogP contribution in [0.1, 0.15) is 11.7 Å². The van der Waals surface area contributed by atoms with Gasteiger partial charge in [0, 0.05) is 15.6 Å². The lowest BCUT2D eigenvalue weighted by Crippen LogP contribution is -2.18. The molecule has 19 heavy (non-hydrogen) atoms. The molecule has 0 saturated heterocycles. The number of rotatable bonds is 4. The van der Waals surface area contributed by atoms with Gasteiger partial charge in [0.25, 0.3) is 0 Å². The number of carboxylic acids is 1. The van der Waals surface area contributed by atoms with Crippen LogP contribution in [0, 0.1) is 0 Å². The number of aliphatic carboxylic acids is 1. The molecule has 0 saturated carbocycles. The highest BCUT2D eigenvalue weighted by Gasteiger charge is 2.24. The fourth-order valence-corrected chi connectivity index (χ4v) is 1.94. The number of halogens is 2. The van der Waals surface area contributed by atoms with Crippen molar-refractivity contribution < 1.29 is 14.6 Å². The molecule has 3 nitrogen and oxygen atoms in total. The average Bonchev–Trinajstić information content (AvgIpc) is 2.39. The maximum atomic E-state index is 11.3. The number of carbonyl (C=O) groups is 1. The Labute approximate surface area is 120 Å². The lowest BCUT2D eigenvalue weighted by Gasteiger charge is -2.16. The van der Waals surface area contributed by atoms with Gasteiger partial charge in [-0.25, -0.2) is 4.79 Å². The van der Waals surface area contributed by atoms with E-state index in [2.05, 4.69) is 0 Å². The third kappa shape index (κ3) is 3.40. The molecule has 0 amide bonds. The second-order valence-corrected chi connectivity index (χ2v) is 4.66. The Balaban J connectivity index is 2.29. The van der Waals surface area contributed by atoms with Crippen LogP contribution in [0.3, 0.4) is 0 Å². The minimum absolute atomic E-state index is 0.351. The van der Waals surface area contributed by atoms with Gasteiger partial charge in [-0.2, -0.15) is 0 Å². The summed E-state index contributed by atoms with van der Waals surface area (Å²) in [5, 5.41) is 10.2. The number of carboxylic acid groups (broad SMARTS) is 1. The fourth-order valence-electron chi connectivity index (χ4n) is 1.58. The number of hydrogen-bond donors (Lipinski definition) is 1. The van der Waals surface area contributed by atoms with Crippen LogP contribution in [-0.2, 0) is 4.79 Å². The first-order valence-electron chi connectivity index (χ1n) is 5.47. The van der Waals surface area contributed by atoms with Crippen LogP contribution in [0.15, 0.2) is 48.5 Å². The largest absolute Gasteiger partial charge is 0.478 e. The highest BCUT2D eigenvalue weighted by atomic mass is 35.5. The molecule has 1 atom stereocenters. The van der Waals surface area contributed by atoms with Gasteiger partial charge >= 0.3 is 5.97 Å². The van der Waals surface area contributed by atoms with Crippen LogP contribution in [0.25, 0.3) is 0 Å². The molecule has 0 spiro atoms. The van der Waals surface area contributed by atoms with Crippen molar-refractivity contribution in [2.75, 3.05) is 0 Å². The van der Waals surface area contributed by atoms with Crippen molar-refractivity contribution in [3.63, 3.8) is 0 Å². The normalized spacial score (nSPS) is 11.9. The maximum absolute atomic E-state index is 11.3.